The summed E-state index contributed by atoms with van der Waals surface area (Å²) >= 11 is 12.4. The molecule has 0 saturated heterocycles. The molecule has 0 saturated carbocycles. The number of amides is 1. The zero-order valence-electron chi connectivity index (χ0n) is 15.0. The number of aliphatic hydroxyl groups excluding tert-OH is 1. The van der Waals surface area contributed by atoms with Crippen LogP contribution in [0.15, 0.2) is 82.7 Å². The lowest BCUT2D eigenvalue weighted by Crippen LogP contribution is -2.30. The average Bonchev–Trinajstić information content (AvgIpc) is 3.32. The van der Waals surface area contributed by atoms with Gasteiger partial charge in [-0.25, -0.2) is 0 Å². The molecule has 1 amide bonds. The Bertz CT molecular complexity index is 1110. The summed E-state index contributed by atoms with van der Waals surface area (Å²) in [5, 5.41) is 11.3. The predicted molar refractivity (Wildman–Crippen MR) is 109 cm³/mol. The van der Waals surface area contributed by atoms with Crippen molar-refractivity contribution >= 4 is 34.9 Å². The Kier molecular flexibility index (Phi) is 5.18. The number of furan rings is 1. The van der Waals surface area contributed by atoms with Gasteiger partial charge in [-0.3, -0.25) is 9.59 Å². The molecule has 7 heteroatoms. The number of carbonyl (C=O) groups is 2. The lowest BCUT2D eigenvalue weighted by molar-refractivity contribution is -0.130. The van der Waals surface area contributed by atoms with Gasteiger partial charge in [-0.05, 0) is 35.4 Å². The maximum atomic E-state index is 13.1. The summed E-state index contributed by atoms with van der Waals surface area (Å²) in [6.07, 6.45) is 1.35. The highest BCUT2D eigenvalue weighted by Crippen LogP contribution is 2.42. The number of hydrogen-bond acceptors (Lipinski definition) is 4. The van der Waals surface area contributed by atoms with Crippen LogP contribution in [0.3, 0.4) is 0 Å². The van der Waals surface area contributed by atoms with Gasteiger partial charge in [-0.2, -0.15) is 0 Å². The molecule has 1 N–H and O–H groups in total. The van der Waals surface area contributed by atoms with Crippen LogP contribution in [0.5, 0.6) is 0 Å². The molecule has 1 aliphatic heterocycles. The predicted octanol–water partition coefficient (Wildman–Crippen LogP) is 5.36. The first-order valence-corrected chi connectivity index (χ1v) is 9.54. The quantitative estimate of drug-likeness (QED) is 0.555. The molecule has 1 unspecified atom stereocenters. The highest BCUT2D eigenvalue weighted by molar-refractivity contribution is 6.35. The van der Waals surface area contributed by atoms with E-state index in [0.717, 1.165) is 5.56 Å². The minimum absolute atomic E-state index is 0.0241. The van der Waals surface area contributed by atoms with Crippen LogP contribution < -0.4 is 0 Å². The van der Waals surface area contributed by atoms with Gasteiger partial charge in [-0.15, -0.1) is 0 Å². The maximum absolute atomic E-state index is 13.1. The monoisotopic (exact) mass is 427 g/mol. The van der Waals surface area contributed by atoms with Crippen LogP contribution in [-0.4, -0.2) is 21.7 Å². The third kappa shape index (κ3) is 3.55. The van der Waals surface area contributed by atoms with Crippen molar-refractivity contribution in [3.63, 3.8) is 0 Å². The zero-order valence-corrected chi connectivity index (χ0v) is 16.5. The highest BCUT2D eigenvalue weighted by Gasteiger charge is 2.45. The van der Waals surface area contributed by atoms with Crippen LogP contribution in [0.25, 0.3) is 0 Å². The molecule has 5 nitrogen and oxygen atoms in total. The van der Waals surface area contributed by atoms with Gasteiger partial charge in [0.15, 0.2) is 11.5 Å². The minimum Gasteiger partial charge on any atom is -0.503 e. The van der Waals surface area contributed by atoms with Gasteiger partial charge in [-0.1, -0.05) is 59.6 Å². The molecule has 146 valence electrons. The number of aliphatic hydroxyl groups is 1. The highest BCUT2D eigenvalue weighted by atomic mass is 35.5. The Morgan fingerprint density at radius 3 is 2.48 bits per heavy atom. The Morgan fingerprint density at radius 1 is 1.07 bits per heavy atom. The van der Waals surface area contributed by atoms with E-state index in [0.29, 0.717) is 10.6 Å². The van der Waals surface area contributed by atoms with Crippen LogP contribution in [0, 0.1) is 0 Å². The number of hydrogen-bond donors (Lipinski definition) is 1. The molecule has 0 fully saturated rings. The molecular formula is C22H15Cl2NO4. The molecule has 4 rings (SSSR count). The first kappa shape index (κ1) is 19.3. The van der Waals surface area contributed by atoms with E-state index in [2.05, 4.69) is 0 Å². The number of ketones is 1. The van der Waals surface area contributed by atoms with E-state index in [1.807, 2.05) is 30.3 Å². The fourth-order valence-electron chi connectivity index (χ4n) is 3.42. The van der Waals surface area contributed by atoms with Crippen molar-refractivity contribution in [3.8, 4) is 0 Å². The number of carbonyl (C=O) groups excluding carboxylic acids is 2. The summed E-state index contributed by atoms with van der Waals surface area (Å²) < 4.78 is 5.20. The van der Waals surface area contributed by atoms with Crippen LogP contribution in [-0.2, 0) is 11.3 Å². The standard InChI is InChI=1S/C22H15Cl2NO4/c23-14-8-9-15(16(24)11-14)19-18(20(26)17-7-4-10-29-17)21(27)22(28)25(19)12-13-5-2-1-3-6-13/h1-11,19,27H,12H2. The average molecular weight is 428 g/mol. The second kappa shape index (κ2) is 7.78. The summed E-state index contributed by atoms with van der Waals surface area (Å²) in [5.74, 6) is -1.82. The second-order valence-corrected chi connectivity index (χ2v) is 7.40. The third-order valence-electron chi connectivity index (χ3n) is 4.75. The fraction of sp³-hybridized carbons (Fsp3) is 0.0909. The van der Waals surface area contributed by atoms with Crippen molar-refractivity contribution in [2.24, 2.45) is 0 Å². The van der Waals surface area contributed by atoms with Crippen molar-refractivity contribution in [2.75, 3.05) is 0 Å². The fourth-order valence-corrected chi connectivity index (χ4v) is 3.93. The number of benzene rings is 2. The van der Waals surface area contributed by atoms with E-state index in [-0.39, 0.29) is 22.9 Å². The smallest absolute Gasteiger partial charge is 0.290 e. The lowest BCUT2D eigenvalue weighted by Gasteiger charge is -2.27. The van der Waals surface area contributed by atoms with Crippen molar-refractivity contribution in [1.82, 2.24) is 4.90 Å². The molecular weight excluding hydrogens is 413 g/mol. The molecule has 0 radical (unpaired) electrons. The minimum atomic E-state index is -0.884. The molecule has 2 heterocycles. The summed E-state index contributed by atoms with van der Waals surface area (Å²) in [6.45, 7) is 0.183. The van der Waals surface area contributed by atoms with Gasteiger partial charge in [0.05, 0.1) is 17.9 Å². The summed E-state index contributed by atoms with van der Waals surface area (Å²) in [6, 6.07) is 16.2. The van der Waals surface area contributed by atoms with Gasteiger partial charge in [0, 0.05) is 16.6 Å². The largest absolute Gasteiger partial charge is 0.503 e. The summed E-state index contributed by atoms with van der Waals surface area (Å²) in [5.41, 5.74) is 1.25. The van der Waals surface area contributed by atoms with Crippen molar-refractivity contribution in [1.29, 1.82) is 0 Å². The summed E-state index contributed by atoms with van der Waals surface area (Å²) in [4.78, 5) is 27.4. The van der Waals surface area contributed by atoms with E-state index < -0.39 is 23.5 Å². The zero-order chi connectivity index (χ0) is 20.5. The number of rotatable bonds is 5. The topological polar surface area (TPSA) is 70.8 Å². The van der Waals surface area contributed by atoms with Crippen molar-refractivity contribution in [3.05, 3.63) is 105 Å². The van der Waals surface area contributed by atoms with E-state index in [1.165, 1.54) is 23.3 Å². The Morgan fingerprint density at radius 2 is 1.83 bits per heavy atom. The molecule has 0 spiro atoms. The van der Waals surface area contributed by atoms with Crippen molar-refractivity contribution < 1.29 is 19.1 Å². The first-order valence-electron chi connectivity index (χ1n) is 8.78. The number of halogens is 2. The third-order valence-corrected chi connectivity index (χ3v) is 5.31. The van der Waals surface area contributed by atoms with Gasteiger partial charge >= 0.3 is 0 Å². The van der Waals surface area contributed by atoms with Crippen LogP contribution in [0.1, 0.15) is 27.7 Å². The second-order valence-electron chi connectivity index (χ2n) is 6.56. The molecule has 29 heavy (non-hydrogen) atoms. The molecule has 1 aromatic heterocycles. The van der Waals surface area contributed by atoms with Crippen LogP contribution in [0.4, 0.5) is 0 Å². The molecule has 0 bridgehead atoms. The van der Waals surface area contributed by atoms with Crippen molar-refractivity contribution in [2.45, 2.75) is 12.6 Å². The normalized spacial score (nSPS) is 16.6. The first-order chi connectivity index (χ1) is 14.0. The Hall–Kier alpha value is -3.02. The Balaban J connectivity index is 1.84. The van der Waals surface area contributed by atoms with Gasteiger partial charge in [0.2, 0.25) is 5.78 Å². The summed E-state index contributed by atoms with van der Waals surface area (Å²) in [7, 11) is 0. The number of nitrogens with zero attached hydrogens (tertiary/aromatic N) is 1. The van der Waals surface area contributed by atoms with E-state index in [9.17, 15) is 14.7 Å². The van der Waals surface area contributed by atoms with Crippen LogP contribution in [0.2, 0.25) is 10.0 Å². The molecule has 1 aliphatic rings. The number of Topliss-reactive ketones (excluding diaryl/α,β-unsaturated/α-hetero) is 1. The molecule has 1 atom stereocenters. The van der Waals surface area contributed by atoms with Gasteiger partial charge < -0.3 is 14.4 Å². The van der Waals surface area contributed by atoms with E-state index in [1.54, 1.807) is 18.2 Å². The molecule has 0 aliphatic carbocycles. The molecule has 3 aromatic rings. The van der Waals surface area contributed by atoms with Gasteiger partial charge in [0.1, 0.15) is 0 Å². The van der Waals surface area contributed by atoms with E-state index >= 15 is 0 Å². The maximum Gasteiger partial charge on any atom is 0.290 e. The lowest BCUT2D eigenvalue weighted by atomic mass is 9.94. The Labute approximate surface area is 176 Å². The van der Waals surface area contributed by atoms with E-state index in [4.69, 9.17) is 27.6 Å². The SMILES string of the molecule is O=C(C1=C(O)C(=O)N(Cc2ccccc2)C1c1ccc(Cl)cc1Cl)c1ccco1. The van der Waals surface area contributed by atoms with Crippen LogP contribution >= 0.6 is 23.2 Å². The molecule has 2 aromatic carbocycles. The van der Waals surface area contributed by atoms with Gasteiger partial charge in [0.25, 0.3) is 5.91 Å².